The Bertz CT molecular complexity index is 893. The molecule has 2 amide bonds. The van der Waals surface area contributed by atoms with Gasteiger partial charge < -0.3 is 20.1 Å². The maximum atomic E-state index is 13.4. The Morgan fingerprint density at radius 1 is 1.00 bits per heavy atom. The molecular weight excluding hydrogens is 406 g/mol. The molecule has 0 unspecified atom stereocenters. The van der Waals surface area contributed by atoms with Crippen molar-refractivity contribution < 1.29 is 27.8 Å². The van der Waals surface area contributed by atoms with Gasteiger partial charge in [-0.3, -0.25) is 9.59 Å². The number of carbonyl (C=O) groups excluding carboxylic acids is 2. The van der Waals surface area contributed by atoms with Crippen LogP contribution in [-0.4, -0.2) is 31.6 Å². The standard InChI is InChI=1S/C20H19ClF2N2O4/c1-13(25-20(27)12-29-18-5-3-2-4-16(18)22)8-9-24-19(26)11-28-14-6-7-15(21)17(23)10-14/h2-7,10H,1,8-9,11-12H2,(H,24,26)(H,25,27). The second-order valence-corrected chi connectivity index (χ2v) is 6.24. The first kappa shape index (κ1) is 22.2. The van der Waals surface area contributed by atoms with Crippen molar-refractivity contribution in [2.45, 2.75) is 6.42 Å². The molecule has 9 heteroatoms. The third-order valence-electron chi connectivity index (χ3n) is 3.52. The Kier molecular flexibility index (Phi) is 8.42. The predicted molar refractivity (Wildman–Crippen MR) is 104 cm³/mol. The van der Waals surface area contributed by atoms with Gasteiger partial charge in [0, 0.05) is 24.7 Å². The summed E-state index contributed by atoms with van der Waals surface area (Å²) in [6.07, 6.45) is 0.271. The van der Waals surface area contributed by atoms with Crippen LogP contribution >= 0.6 is 11.6 Å². The summed E-state index contributed by atoms with van der Waals surface area (Å²) in [5.41, 5.74) is 0.355. The molecule has 6 nitrogen and oxygen atoms in total. The van der Waals surface area contributed by atoms with E-state index in [-0.39, 0.29) is 42.7 Å². The van der Waals surface area contributed by atoms with Gasteiger partial charge in [-0.2, -0.15) is 0 Å². The van der Waals surface area contributed by atoms with E-state index in [0.29, 0.717) is 5.70 Å². The van der Waals surface area contributed by atoms with E-state index in [1.807, 2.05) is 0 Å². The fraction of sp³-hybridized carbons (Fsp3) is 0.200. The average molecular weight is 425 g/mol. The number of halogens is 3. The molecule has 0 bridgehead atoms. The molecule has 2 aromatic carbocycles. The Morgan fingerprint density at radius 2 is 1.72 bits per heavy atom. The largest absolute Gasteiger partial charge is 0.484 e. The van der Waals surface area contributed by atoms with Crippen molar-refractivity contribution in [3.8, 4) is 11.5 Å². The van der Waals surface area contributed by atoms with Crippen molar-refractivity contribution >= 4 is 23.4 Å². The molecular formula is C20H19ClF2N2O4. The van der Waals surface area contributed by atoms with Gasteiger partial charge in [0.25, 0.3) is 11.8 Å². The van der Waals surface area contributed by atoms with Crippen LogP contribution in [0.1, 0.15) is 6.42 Å². The molecule has 0 aliphatic heterocycles. The maximum absolute atomic E-state index is 13.4. The van der Waals surface area contributed by atoms with Gasteiger partial charge in [0.2, 0.25) is 0 Å². The van der Waals surface area contributed by atoms with E-state index < -0.39 is 23.4 Å². The van der Waals surface area contributed by atoms with E-state index in [0.717, 1.165) is 6.07 Å². The summed E-state index contributed by atoms with van der Waals surface area (Å²) in [7, 11) is 0. The van der Waals surface area contributed by atoms with Crippen molar-refractivity contribution in [3.63, 3.8) is 0 Å². The zero-order chi connectivity index (χ0) is 21.2. The molecule has 0 atom stereocenters. The van der Waals surface area contributed by atoms with Crippen molar-refractivity contribution in [3.05, 3.63) is 71.4 Å². The molecule has 0 saturated heterocycles. The molecule has 2 aromatic rings. The van der Waals surface area contributed by atoms with Gasteiger partial charge in [-0.25, -0.2) is 8.78 Å². The van der Waals surface area contributed by atoms with E-state index in [1.54, 1.807) is 6.07 Å². The second kappa shape index (κ2) is 11.0. The fourth-order valence-electron chi connectivity index (χ4n) is 2.12. The van der Waals surface area contributed by atoms with Gasteiger partial charge in [0.15, 0.2) is 24.8 Å². The minimum atomic E-state index is -0.643. The minimum Gasteiger partial charge on any atom is -0.484 e. The highest BCUT2D eigenvalue weighted by Crippen LogP contribution is 2.20. The van der Waals surface area contributed by atoms with Crippen LogP contribution in [0.5, 0.6) is 11.5 Å². The maximum Gasteiger partial charge on any atom is 0.262 e. The molecule has 2 rings (SSSR count). The fourth-order valence-corrected chi connectivity index (χ4v) is 2.24. The van der Waals surface area contributed by atoms with Crippen LogP contribution in [0.3, 0.4) is 0 Å². The molecule has 154 valence electrons. The van der Waals surface area contributed by atoms with Gasteiger partial charge in [0.05, 0.1) is 5.02 Å². The number of hydrogen-bond donors (Lipinski definition) is 2. The molecule has 29 heavy (non-hydrogen) atoms. The van der Waals surface area contributed by atoms with Crippen LogP contribution in [0.4, 0.5) is 8.78 Å². The highest BCUT2D eigenvalue weighted by atomic mass is 35.5. The van der Waals surface area contributed by atoms with E-state index in [2.05, 4.69) is 17.2 Å². The molecule has 2 N–H and O–H groups in total. The van der Waals surface area contributed by atoms with Crippen LogP contribution in [0.15, 0.2) is 54.7 Å². The molecule has 0 spiro atoms. The first-order chi connectivity index (χ1) is 13.8. The number of nitrogens with one attached hydrogen (secondary N) is 2. The van der Waals surface area contributed by atoms with Crippen molar-refractivity contribution in [1.82, 2.24) is 10.6 Å². The molecule has 0 heterocycles. The molecule has 0 fully saturated rings. The quantitative estimate of drug-likeness (QED) is 0.614. The number of para-hydroxylation sites is 1. The van der Waals surface area contributed by atoms with Crippen LogP contribution in [0.2, 0.25) is 5.02 Å². The normalized spacial score (nSPS) is 10.2. The monoisotopic (exact) mass is 424 g/mol. The highest BCUT2D eigenvalue weighted by molar-refractivity contribution is 6.30. The molecule has 0 saturated carbocycles. The number of ether oxygens (including phenoxy) is 2. The Hall–Kier alpha value is -3.13. The Morgan fingerprint density at radius 3 is 2.45 bits per heavy atom. The molecule has 0 radical (unpaired) electrons. The third kappa shape index (κ3) is 7.79. The number of amides is 2. The summed E-state index contributed by atoms with van der Waals surface area (Å²) >= 11 is 5.56. The number of benzene rings is 2. The van der Waals surface area contributed by atoms with Gasteiger partial charge in [-0.1, -0.05) is 30.3 Å². The van der Waals surface area contributed by atoms with Crippen molar-refractivity contribution in [2.75, 3.05) is 19.8 Å². The zero-order valence-electron chi connectivity index (χ0n) is 15.3. The third-order valence-corrected chi connectivity index (χ3v) is 3.83. The second-order valence-electron chi connectivity index (χ2n) is 5.84. The van der Waals surface area contributed by atoms with Gasteiger partial charge in [-0.05, 0) is 24.3 Å². The Labute approximate surface area is 171 Å². The lowest BCUT2D eigenvalue weighted by Gasteiger charge is -2.11. The van der Waals surface area contributed by atoms with E-state index in [1.165, 1.54) is 30.3 Å². The Balaban J connectivity index is 1.61. The summed E-state index contributed by atoms with van der Waals surface area (Å²) in [5, 5.41) is 5.03. The molecule has 0 aromatic heterocycles. The van der Waals surface area contributed by atoms with Gasteiger partial charge >= 0.3 is 0 Å². The van der Waals surface area contributed by atoms with E-state index in [9.17, 15) is 18.4 Å². The summed E-state index contributed by atoms with van der Waals surface area (Å²) in [6.45, 7) is 3.19. The SMILES string of the molecule is C=C(CCNC(=O)COc1ccc(Cl)c(F)c1)NC(=O)COc1ccccc1F. The summed E-state index contributed by atoms with van der Waals surface area (Å²) < 4.78 is 36.9. The summed E-state index contributed by atoms with van der Waals surface area (Å²) in [4.78, 5) is 23.5. The molecule has 0 aliphatic rings. The van der Waals surface area contributed by atoms with Gasteiger partial charge in [0.1, 0.15) is 11.6 Å². The lowest BCUT2D eigenvalue weighted by atomic mass is 10.3. The van der Waals surface area contributed by atoms with Crippen molar-refractivity contribution in [2.24, 2.45) is 0 Å². The van der Waals surface area contributed by atoms with E-state index in [4.69, 9.17) is 21.1 Å². The zero-order valence-corrected chi connectivity index (χ0v) is 16.1. The topological polar surface area (TPSA) is 76.7 Å². The predicted octanol–water partition coefficient (Wildman–Crippen LogP) is 3.21. The van der Waals surface area contributed by atoms with Crippen molar-refractivity contribution in [1.29, 1.82) is 0 Å². The van der Waals surface area contributed by atoms with Crippen LogP contribution < -0.4 is 20.1 Å². The smallest absolute Gasteiger partial charge is 0.262 e. The number of carbonyl (C=O) groups is 2. The number of hydrogen-bond acceptors (Lipinski definition) is 4. The average Bonchev–Trinajstić information content (AvgIpc) is 2.68. The number of rotatable bonds is 10. The molecule has 0 aliphatic carbocycles. The summed E-state index contributed by atoms with van der Waals surface area (Å²) in [6, 6.07) is 9.58. The first-order valence-corrected chi connectivity index (χ1v) is 8.92. The highest BCUT2D eigenvalue weighted by Gasteiger charge is 2.09. The lowest BCUT2D eigenvalue weighted by molar-refractivity contribution is -0.123. The van der Waals surface area contributed by atoms with Crippen LogP contribution in [0.25, 0.3) is 0 Å². The van der Waals surface area contributed by atoms with Crippen LogP contribution in [-0.2, 0) is 9.59 Å². The first-order valence-electron chi connectivity index (χ1n) is 8.54. The van der Waals surface area contributed by atoms with Gasteiger partial charge in [-0.15, -0.1) is 0 Å². The lowest BCUT2D eigenvalue weighted by Crippen LogP contribution is -2.32. The minimum absolute atomic E-state index is 0.0268. The summed E-state index contributed by atoms with van der Waals surface area (Å²) in [5.74, 6) is -1.99. The van der Waals surface area contributed by atoms with E-state index >= 15 is 0 Å². The van der Waals surface area contributed by atoms with Crippen LogP contribution in [0, 0.1) is 11.6 Å².